The largest absolute Gasteiger partial charge is 0.455 e. The Morgan fingerprint density at radius 1 is 1.25 bits per heavy atom. The molecule has 0 fully saturated rings. The molecule has 2 rings (SSSR count). The van der Waals surface area contributed by atoms with Crippen molar-refractivity contribution in [3.05, 3.63) is 61.6 Å². The monoisotopic (exact) mass is 357 g/mol. The molecule has 0 saturated heterocycles. The van der Waals surface area contributed by atoms with Crippen LogP contribution in [0, 0.1) is 10.1 Å². The van der Waals surface area contributed by atoms with E-state index in [2.05, 4.69) is 15.9 Å². The topological polar surface area (TPSA) is 72.6 Å². The fourth-order valence-electron chi connectivity index (χ4n) is 1.58. The summed E-state index contributed by atoms with van der Waals surface area (Å²) in [5, 5.41) is 20.0. The van der Waals surface area contributed by atoms with E-state index in [-0.39, 0.29) is 23.1 Å². The molecule has 2 aromatic rings. The average Bonchev–Trinajstić information content (AvgIpc) is 2.42. The number of non-ortho nitro benzene ring substituents is 1. The minimum atomic E-state index is -0.533. The van der Waals surface area contributed by atoms with Crippen LogP contribution in [-0.2, 0) is 6.61 Å². The summed E-state index contributed by atoms with van der Waals surface area (Å²) in [6.45, 7) is -0.195. The Bertz CT molecular complexity index is 663. The summed E-state index contributed by atoms with van der Waals surface area (Å²) < 4.78 is 6.39. The lowest BCUT2D eigenvalue weighted by molar-refractivity contribution is -0.384. The third-order valence-corrected chi connectivity index (χ3v) is 3.33. The molecule has 7 heteroatoms. The first-order valence-corrected chi connectivity index (χ1v) is 6.69. The van der Waals surface area contributed by atoms with E-state index in [1.54, 1.807) is 18.2 Å². The van der Waals surface area contributed by atoms with Crippen molar-refractivity contribution in [2.45, 2.75) is 6.61 Å². The summed E-state index contributed by atoms with van der Waals surface area (Å²) in [7, 11) is 0. The molecule has 0 unspecified atom stereocenters. The highest BCUT2D eigenvalue weighted by molar-refractivity contribution is 9.10. The molecule has 0 aliphatic rings. The SMILES string of the molecule is O=[N+]([O-])c1ccc(Oc2ccc(Br)cc2CO)c(Cl)c1. The van der Waals surface area contributed by atoms with Crippen LogP contribution in [0.2, 0.25) is 5.02 Å². The molecule has 0 aliphatic carbocycles. The van der Waals surface area contributed by atoms with Gasteiger partial charge in [0.15, 0.2) is 0 Å². The maximum atomic E-state index is 10.6. The van der Waals surface area contributed by atoms with Gasteiger partial charge < -0.3 is 9.84 Å². The molecule has 0 bridgehead atoms. The quantitative estimate of drug-likeness (QED) is 0.653. The fraction of sp³-hybridized carbons (Fsp3) is 0.0769. The summed E-state index contributed by atoms with van der Waals surface area (Å²) in [4.78, 5) is 10.1. The highest BCUT2D eigenvalue weighted by Gasteiger charge is 2.12. The van der Waals surface area contributed by atoms with Gasteiger partial charge in [0.25, 0.3) is 5.69 Å². The van der Waals surface area contributed by atoms with Crippen molar-refractivity contribution in [1.82, 2.24) is 0 Å². The smallest absolute Gasteiger partial charge is 0.271 e. The number of benzene rings is 2. The van der Waals surface area contributed by atoms with Gasteiger partial charge in [0.05, 0.1) is 16.6 Å². The molecular weight excluding hydrogens is 350 g/mol. The molecule has 0 saturated carbocycles. The van der Waals surface area contributed by atoms with Crippen LogP contribution in [0.4, 0.5) is 5.69 Å². The summed E-state index contributed by atoms with van der Waals surface area (Å²) >= 11 is 9.24. The lowest BCUT2D eigenvalue weighted by Crippen LogP contribution is -1.93. The molecule has 0 amide bonds. The third kappa shape index (κ3) is 3.27. The van der Waals surface area contributed by atoms with Crippen molar-refractivity contribution in [1.29, 1.82) is 0 Å². The number of hydrogen-bond acceptors (Lipinski definition) is 4. The molecule has 0 aliphatic heterocycles. The first kappa shape index (κ1) is 14.8. The van der Waals surface area contributed by atoms with Gasteiger partial charge in [-0.15, -0.1) is 0 Å². The second-order valence-corrected chi connectivity index (χ2v) is 5.21. The van der Waals surface area contributed by atoms with Crippen LogP contribution in [0.3, 0.4) is 0 Å². The second kappa shape index (κ2) is 6.21. The molecule has 104 valence electrons. The zero-order chi connectivity index (χ0) is 14.7. The normalized spacial score (nSPS) is 10.3. The molecule has 0 aromatic heterocycles. The van der Waals surface area contributed by atoms with E-state index in [4.69, 9.17) is 16.3 Å². The van der Waals surface area contributed by atoms with Crippen LogP contribution in [0.5, 0.6) is 11.5 Å². The van der Waals surface area contributed by atoms with Gasteiger partial charge in [-0.3, -0.25) is 10.1 Å². The van der Waals surface area contributed by atoms with Crippen LogP contribution in [0.15, 0.2) is 40.9 Å². The number of aliphatic hydroxyl groups is 1. The number of hydrogen-bond donors (Lipinski definition) is 1. The number of nitrogens with zero attached hydrogens (tertiary/aromatic N) is 1. The molecule has 0 atom stereocenters. The Balaban J connectivity index is 2.33. The van der Waals surface area contributed by atoms with Gasteiger partial charge in [0.1, 0.15) is 11.5 Å². The molecule has 2 aromatic carbocycles. The van der Waals surface area contributed by atoms with E-state index in [0.29, 0.717) is 11.3 Å². The molecule has 1 N–H and O–H groups in total. The first-order valence-electron chi connectivity index (χ1n) is 5.52. The van der Waals surface area contributed by atoms with Crippen molar-refractivity contribution in [3.63, 3.8) is 0 Å². The summed E-state index contributed by atoms with van der Waals surface area (Å²) in [5.41, 5.74) is 0.467. The first-order chi connectivity index (χ1) is 9.51. The van der Waals surface area contributed by atoms with Crippen LogP contribution < -0.4 is 4.74 Å². The highest BCUT2D eigenvalue weighted by atomic mass is 79.9. The molecule has 0 spiro atoms. The predicted octanol–water partition coefficient (Wildman–Crippen LogP) is 4.30. The summed E-state index contributed by atoms with van der Waals surface area (Å²) in [5.74, 6) is 0.723. The van der Waals surface area contributed by atoms with E-state index in [1.807, 2.05) is 0 Å². The summed E-state index contributed by atoms with van der Waals surface area (Å²) in [6, 6.07) is 9.09. The van der Waals surface area contributed by atoms with Crippen molar-refractivity contribution in [3.8, 4) is 11.5 Å². The van der Waals surface area contributed by atoms with Gasteiger partial charge in [0.2, 0.25) is 0 Å². The number of aliphatic hydroxyl groups excluding tert-OH is 1. The summed E-state index contributed by atoms with van der Waals surface area (Å²) in [6.07, 6.45) is 0. The van der Waals surface area contributed by atoms with Crippen molar-refractivity contribution in [2.24, 2.45) is 0 Å². The van der Waals surface area contributed by atoms with Crippen molar-refractivity contribution in [2.75, 3.05) is 0 Å². The molecule has 0 heterocycles. The van der Waals surface area contributed by atoms with E-state index in [0.717, 1.165) is 4.47 Å². The van der Waals surface area contributed by atoms with E-state index in [9.17, 15) is 15.2 Å². The number of rotatable bonds is 4. The van der Waals surface area contributed by atoms with Gasteiger partial charge >= 0.3 is 0 Å². The van der Waals surface area contributed by atoms with Gasteiger partial charge in [-0.25, -0.2) is 0 Å². The van der Waals surface area contributed by atoms with Gasteiger partial charge in [-0.05, 0) is 24.3 Å². The molecular formula is C13H9BrClNO4. The Morgan fingerprint density at radius 2 is 1.95 bits per heavy atom. The van der Waals surface area contributed by atoms with Crippen LogP contribution >= 0.6 is 27.5 Å². The van der Waals surface area contributed by atoms with Gasteiger partial charge in [-0.2, -0.15) is 0 Å². The van der Waals surface area contributed by atoms with E-state index in [1.165, 1.54) is 18.2 Å². The number of ether oxygens (including phenoxy) is 1. The van der Waals surface area contributed by atoms with Crippen LogP contribution in [-0.4, -0.2) is 10.0 Å². The second-order valence-electron chi connectivity index (χ2n) is 3.88. The Hall–Kier alpha value is -1.63. The molecule has 5 nitrogen and oxygen atoms in total. The highest BCUT2D eigenvalue weighted by Crippen LogP contribution is 2.34. The van der Waals surface area contributed by atoms with Crippen molar-refractivity contribution >= 4 is 33.2 Å². The van der Waals surface area contributed by atoms with Gasteiger partial charge in [0, 0.05) is 22.2 Å². The zero-order valence-electron chi connectivity index (χ0n) is 10.0. The lowest BCUT2D eigenvalue weighted by atomic mass is 10.2. The Morgan fingerprint density at radius 3 is 2.55 bits per heavy atom. The lowest BCUT2D eigenvalue weighted by Gasteiger charge is -2.11. The minimum Gasteiger partial charge on any atom is -0.455 e. The van der Waals surface area contributed by atoms with Crippen molar-refractivity contribution < 1.29 is 14.8 Å². The maximum absolute atomic E-state index is 10.6. The molecule has 20 heavy (non-hydrogen) atoms. The van der Waals surface area contributed by atoms with E-state index >= 15 is 0 Å². The predicted molar refractivity (Wildman–Crippen MR) is 78.2 cm³/mol. The third-order valence-electron chi connectivity index (χ3n) is 2.54. The Labute approximate surface area is 128 Å². The fourth-order valence-corrected chi connectivity index (χ4v) is 2.20. The minimum absolute atomic E-state index is 0.111. The zero-order valence-corrected chi connectivity index (χ0v) is 12.4. The number of nitro benzene ring substituents is 1. The number of nitro groups is 1. The standard InChI is InChI=1S/C13H9BrClNO4/c14-9-1-3-12(8(5-9)7-17)20-13-4-2-10(16(18)19)6-11(13)15/h1-6,17H,7H2. The number of halogens is 2. The van der Waals surface area contributed by atoms with Crippen LogP contribution in [0.25, 0.3) is 0 Å². The Kier molecular flexibility index (Phi) is 4.59. The van der Waals surface area contributed by atoms with E-state index < -0.39 is 4.92 Å². The van der Waals surface area contributed by atoms with Crippen LogP contribution in [0.1, 0.15) is 5.56 Å². The average molecular weight is 359 g/mol. The molecule has 0 radical (unpaired) electrons. The van der Waals surface area contributed by atoms with Gasteiger partial charge in [-0.1, -0.05) is 27.5 Å². The maximum Gasteiger partial charge on any atom is 0.271 e.